The van der Waals surface area contributed by atoms with Crippen LogP contribution in [0, 0.1) is 0 Å². The number of Topliss-reactive ketones (excluding diaryl/α,β-unsaturated/α-hetero) is 1. The highest BCUT2D eigenvalue weighted by Crippen LogP contribution is 2.43. The summed E-state index contributed by atoms with van der Waals surface area (Å²) in [5.74, 6) is -0.999. The molecular formula is C11H8ClF5O2S. The molecule has 9 heteroatoms. The average molecular weight is 335 g/mol. The first-order chi connectivity index (χ1) is 9.10. The Bertz CT molecular complexity index is 492. The fraction of sp³-hybridized carbons (Fsp3) is 0.364. The predicted octanol–water partition coefficient (Wildman–Crippen LogP) is 4.77. The van der Waals surface area contributed by atoms with Gasteiger partial charge in [-0.15, -0.1) is 11.6 Å². The van der Waals surface area contributed by atoms with E-state index >= 15 is 0 Å². The third kappa shape index (κ3) is 5.16. The van der Waals surface area contributed by atoms with Crippen LogP contribution in [0.15, 0.2) is 23.1 Å². The second kappa shape index (κ2) is 6.62. The number of carbonyl (C=O) groups is 1. The molecule has 1 aromatic carbocycles. The van der Waals surface area contributed by atoms with Crippen LogP contribution in [0.5, 0.6) is 5.75 Å². The minimum absolute atomic E-state index is 0.108. The fourth-order valence-electron chi connectivity index (χ4n) is 1.33. The van der Waals surface area contributed by atoms with Gasteiger partial charge in [0.15, 0.2) is 5.78 Å². The van der Waals surface area contributed by atoms with Crippen LogP contribution in [0.4, 0.5) is 22.0 Å². The van der Waals surface area contributed by atoms with Crippen molar-refractivity contribution in [2.75, 3.05) is 0 Å². The van der Waals surface area contributed by atoms with Crippen molar-refractivity contribution < 1.29 is 31.5 Å². The van der Waals surface area contributed by atoms with Crippen molar-refractivity contribution in [3.05, 3.63) is 23.8 Å². The molecule has 0 aliphatic heterocycles. The van der Waals surface area contributed by atoms with Crippen LogP contribution in [-0.2, 0) is 4.79 Å². The Hall–Kier alpha value is -1.02. The van der Waals surface area contributed by atoms with Crippen LogP contribution in [0.3, 0.4) is 0 Å². The summed E-state index contributed by atoms with van der Waals surface area (Å²) >= 11 is 5.17. The summed E-state index contributed by atoms with van der Waals surface area (Å²) in [4.78, 5) is 10.7. The maximum atomic E-state index is 12.4. The molecule has 1 aromatic rings. The van der Waals surface area contributed by atoms with Crippen LogP contribution in [0.1, 0.15) is 17.9 Å². The molecule has 2 nitrogen and oxygen atoms in total. The molecule has 0 bridgehead atoms. The number of hydrogen-bond acceptors (Lipinski definition) is 3. The van der Waals surface area contributed by atoms with Crippen molar-refractivity contribution in [3.63, 3.8) is 0 Å². The molecular weight excluding hydrogens is 327 g/mol. The summed E-state index contributed by atoms with van der Waals surface area (Å²) in [6.45, 7) is -2.05. The van der Waals surface area contributed by atoms with Gasteiger partial charge >= 0.3 is 12.1 Å². The number of ether oxygens (including phenoxy) is 1. The van der Waals surface area contributed by atoms with Gasteiger partial charge in [0.05, 0.1) is 0 Å². The first-order valence-electron chi connectivity index (χ1n) is 5.09. The van der Waals surface area contributed by atoms with Gasteiger partial charge in [0.25, 0.3) is 0 Å². The highest BCUT2D eigenvalue weighted by molar-refractivity contribution is 8.00. The number of rotatable bonds is 5. The zero-order valence-electron chi connectivity index (χ0n) is 9.88. The van der Waals surface area contributed by atoms with Gasteiger partial charge in [-0.1, -0.05) is 6.07 Å². The largest absolute Gasteiger partial charge is 0.446 e. The number of hydrogen-bond donors (Lipinski definition) is 0. The number of alkyl halides is 6. The SMILES string of the molecule is CC(=O)C(Cl)c1ccc(OC(F)F)cc1SC(F)(F)F. The van der Waals surface area contributed by atoms with Gasteiger partial charge in [-0.3, -0.25) is 4.79 Å². The lowest BCUT2D eigenvalue weighted by atomic mass is 10.1. The van der Waals surface area contributed by atoms with Crippen LogP contribution >= 0.6 is 23.4 Å². The molecule has 0 saturated heterocycles. The van der Waals surface area contributed by atoms with E-state index in [4.69, 9.17) is 11.6 Å². The predicted molar refractivity (Wildman–Crippen MR) is 64.3 cm³/mol. The first kappa shape index (κ1) is 17.0. The third-order valence-corrected chi connectivity index (χ3v) is 3.41. The molecule has 0 spiro atoms. The Balaban J connectivity index is 3.19. The van der Waals surface area contributed by atoms with E-state index < -0.39 is 45.7 Å². The molecule has 1 rings (SSSR count). The molecule has 20 heavy (non-hydrogen) atoms. The quantitative estimate of drug-likeness (QED) is 0.441. The number of thioether (sulfide) groups is 1. The lowest BCUT2D eigenvalue weighted by Gasteiger charge is -2.15. The summed E-state index contributed by atoms with van der Waals surface area (Å²) in [6.07, 6.45) is 0. The van der Waals surface area contributed by atoms with Gasteiger partial charge in [-0.25, -0.2) is 0 Å². The minimum atomic E-state index is -4.65. The molecule has 0 aromatic heterocycles. The van der Waals surface area contributed by atoms with Crippen LogP contribution in [0.2, 0.25) is 0 Å². The summed E-state index contributed by atoms with van der Waals surface area (Å²) in [5.41, 5.74) is -4.76. The van der Waals surface area contributed by atoms with Crippen LogP contribution in [-0.4, -0.2) is 17.9 Å². The van der Waals surface area contributed by atoms with Crippen LogP contribution in [0.25, 0.3) is 0 Å². The van der Waals surface area contributed by atoms with Crippen molar-refractivity contribution in [2.24, 2.45) is 0 Å². The monoisotopic (exact) mass is 334 g/mol. The smallest absolute Gasteiger partial charge is 0.435 e. The maximum absolute atomic E-state index is 12.4. The van der Waals surface area contributed by atoms with Gasteiger partial charge in [0.1, 0.15) is 11.1 Å². The summed E-state index contributed by atoms with van der Waals surface area (Å²) in [7, 11) is 0. The highest BCUT2D eigenvalue weighted by Gasteiger charge is 2.32. The van der Waals surface area contributed by atoms with Crippen molar-refractivity contribution in [3.8, 4) is 5.75 Å². The molecule has 0 aliphatic rings. The molecule has 0 fully saturated rings. The van der Waals surface area contributed by atoms with E-state index in [9.17, 15) is 26.7 Å². The molecule has 0 heterocycles. The topological polar surface area (TPSA) is 26.3 Å². The molecule has 112 valence electrons. The number of ketones is 1. The van der Waals surface area contributed by atoms with E-state index in [2.05, 4.69) is 4.74 Å². The summed E-state index contributed by atoms with van der Waals surface area (Å²) in [5, 5.41) is -1.29. The van der Waals surface area contributed by atoms with Gasteiger partial charge in [-0.2, -0.15) is 22.0 Å². The molecule has 0 amide bonds. The Kier molecular flexibility index (Phi) is 5.64. The third-order valence-electron chi connectivity index (χ3n) is 2.07. The lowest BCUT2D eigenvalue weighted by Crippen LogP contribution is -2.08. The molecule has 0 aliphatic carbocycles. The maximum Gasteiger partial charge on any atom is 0.446 e. The summed E-state index contributed by atoms with van der Waals surface area (Å²) < 4.78 is 65.4. The molecule has 1 atom stereocenters. The minimum Gasteiger partial charge on any atom is -0.435 e. The van der Waals surface area contributed by atoms with Crippen molar-refractivity contribution in [1.82, 2.24) is 0 Å². The highest BCUT2D eigenvalue weighted by atomic mass is 35.5. The standard InChI is InChI=1S/C11H8ClF5O2S/c1-5(18)9(12)7-3-2-6(19-10(13)14)4-8(7)20-11(15,16)17/h2-4,9-10H,1H3. The Morgan fingerprint density at radius 1 is 1.35 bits per heavy atom. The lowest BCUT2D eigenvalue weighted by molar-refractivity contribution is -0.116. The van der Waals surface area contributed by atoms with E-state index in [-0.39, 0.29) is 5.56 Å². The van der Waals surface area contributed by atoms with E-state index in [1.807, 2.05) is 0 Å². The molecule has 0 saturated carbocycles. The normalized spacial score (nSPS) is 13.4. The van der Waals surface area contributed by atoms with Crippen molar-refractivity contribution >= 4 is 29.1 Å². The Morgan fingerprint density at radius 2 is 1.95 bits per heavy atom. The fourth-order valence-corrected chi connectivity index (χ4v) is 2.32. The summed E-state index contributed by atoms with van der Waals surface area (Å²) in [6, 6.07) is 2.86. The number of halogens is 6. The van der Waals surface area contributed by atoms with E-state index in [0.29, 0.717) is 0 Å². The zero-order chi connectivity index (χ0) is 15.5. The van der Waals surface area contributed by atoms with E-state index in [1.54, 1.807) is 0 Å². The average Bonchev–Trinajstić information content (AvgIpc) is 2.25. The van der Waals surface area contributed by atoms with Gasteiger partial charge in [0, 0.05) is 4.90 Å². The number of benzene rings is 1. The van der Waals surface area contributed by atoms with E-state index in [0.717, 1.165) is 25.1 Å². The molecule has 0 N–H and O–H groups in total. The zero-order valence-corrected chi connectivity index (χ0v) is 11.5. The Morgan fingerprint density at radius 3 is 2.40 bits per heavy atom. The molecule has 0 radical (unpaired) electrons. The first-order valence-corrected chi connectivity index (χ1v) is 6.34. The second-order valence-electron chi connectivity index (χ2n) is 3.60. The Labute approximate surface area is 120 Å². The number of carbonyl (C=O) groups excluding carboxylic acids is 1. The van der Waals surface area contributed by atoms with Crippen molar-refractivity contribution in [2.45, 2.75) is 29.3 Å². The van der Waals surface area contributed by atoms with Gasteiger partial charge in [-0.05, 0) is 36.4 Å². The molecule has 1 unspecified atom stereocenters. The van der Waals surface area contributed by atoms with Gasteiger partial charge < -0.3 is 4.74 Å². The van der Waals surface area contributed by atoms with Crippen molar-refractivity contribution in [1.29, 1.82) is 0 Å². The van der Waals surface area contributed by atoms with Crippen LogP contribution < -0.4 is 4.74 Å². The van der Waals surface area contributed by atoms with Gasteiger partial charge in [0.2, 0.25) is 0 Å². The van der Waals surface area contributed by atoms with E-state index in [1.165, 1.54) is 0 Å². The second-order valence-corrected chi connectivity index (χ2v) is 5.14.